The Bertz CT molecular complexity index is 919. The van der Waals surface area contributed by atoms with Gasteiger partial charge in [-0.15, -0.1) is 0 Å². The van der Waals surface area contributed by atoms with Gasteiger partial charge >= 0.3 is 51.4 Å². The number of rotatable bonds is 2. The van der Waals surface area contributed by atoms with Crippen molar-refractivity contribution in [3.8, 4) is 22.4 Å². The van der Waals surface area contributed by atoms with E-state index in [1.54, 1.807) is 6.20 Å². The standard InChI is InChI=1S/C20H14N2.K.H/c1-2-6-19-16(4-1)11-12-20(22-19)17-9-7-15(8-10-17)18-5-3-13-21-14-18;;/h1-14H;;. The molecule has 0 saturated heterocycles. The van der Waals surface area contributed by atoms with Crippen LogP contribution in [0.25, 0.3) is 33.3 Å². The molecule has 0 aliphatic rings. The van der Waals surface area contributed by atoms with Crippen molar-refractivity contribution in [1.82, 2.24) is 9.97 Å². The third-order valence-corrected chi connectivity index (χ3v) is 3.77. The molecule has 2 aromatic heterocycles. The molecule has 0 bridgehead atoms. The van der Waals surface area contributed by atoms with E-state index in [1.807, 2.05) is 30.5 Å². The topological polar surface area (TPSA) is 25.8 Å². The zero-order valence-electron chi connectivity index (χ0n) is 12.0. The molecule has 0 unspecified atom stereocenters. The summed E-state index contributed by atoms with van der Waals surface area (Å²) in [6.07, 6.45) is 3.67. The summed E-state index contributed by atoms with van der Waals surface area (Å²) in [7, 11) is 0. The predicted molar refractivity (Wildman–Crippen MR) is 97.6 cm³/mol. The Balaban J connectivity index is 0.00000156. The second-order valence-corrected chi connectivity index (χ2v) is 5.21. The summed E-state index contributed by atoms with van der Waals surface area (Å²) in [5.74, 6) is 0. The number of benzene rings is 2. The van der Waals surface area contributed by atoms with Gasteiger partial charge in [-0.3, -0.25) is 4.98 Å². The van der Waals surface area contributed by atoms with Crippen molar-refractivity contribution < 1.29 is 0 Å². The quantitative estimate of drug-likeness (QED) is 0.514. The van der Waals surface area contributed by atoms with Gasteiger partial charge in [-0.1, -0.05) is 54.6 Å². The van der Waals surface area contributed by atoms with Crippen molar-refractivity contribution in [3.05, 3.63) is 85.2 Å². The minimum absolute atomic E-state index is 0. The maximum Gasteiger partial charge on any atom is 0.0709 e. The van der Waals surface area contributed by atoms with Crippen LogP contribution in [0.3, 0.4) is 0 Å². The van der Waals surface area contributed by atoms with Crippen molar-refractivity contribution in [2.75, 3.05) is 0 Å². The molecular weight excluding hydrogens is 307 g/mol. The van der Waals surface area contributed by atoms with Crippen LogP contribution in [0, 0.1) is 0 Å². The molecule has 2 nitrogen and oxygen atoms in total. The van der Waals surface area contributed by atoms with Crippen molar-refractivity contribution in [3.63, 3.8) is 0 Å². The number of para-hydroxylation sites is 1. The minimum atomic E-state index is 0. The maximum absolute atomic E-state index is 4.74. The van der Waals surface area contributed by atoms with Gasteiger partial charge in [0.25, 0.3) is 0 Å². The number of hydrogen-bond donors (Lipinski definition) is 0. The first-order valence-corrected chi connectivity index (χ1v) is 7.27. The Hall–Kier alpha value is -1.36. The van der Waals surface area contributed by atoms with Crippen LogP contribution in [0.4, 0.5) is 0 Å². The number of pyridine rings is 2. The van der Waals surface area contributed by atoms with E-state index >= 15 is 0 Å². The fourth-order valence-electron chi connectivity index (χ4n) is 2.59. The average molecular weight is 322 g/mol. The summed E-state index contributed by atoms with van der Waals surface area (Å²) in [5.41, 5.74) is 5.43. The van der Waals surface area contributed by atoms with E-state index in [1.165, 1.54) is 5.39 Å². The van der Waals surface area contributed by atoms with E-state index in [0.29, 0.717) is 0 Å². The largest absolute Gasteiger partial charge is 0.264 e. The zero-order valence-corrected chi connectivity index (χ0v) is 12.0. The van der Waals surface area contributed by atoms with E-state index in [-0.39, 0.29) is 51.4 Å². The van der Waals surface area contributed by atoms with Gasteiger partial charge < -0.3 is 0 Å². The van der Waals surface area contributed by atoms with E-state index in [9.17, 15) is 0 Å². The molecule has 106 valence electrons. The van der Waals surface area contributed by atoms with Gasteiger partial charge in [0.15, 0.2) is 0 Å². The van der Waals surface area contributed by atoms with Crippen LogP contribution in [0.15, 0.2) is 85.2 Å². The third-order valence-electron chi connectivity index (χ3n) is 3.77. The second kappa shape index (κ2) is 7.47. The van der Waals surface area contributed by atoms with E-state index in [0.717, 1.165) is 27.9 Å². The first-order valence-electron chi connectivity index (χ1n) is 7.27. The maximum atomic E-state index is 4.74. The fourth-order valence-corrected chi connectivity index (χ4v) is 2.59. The minimum Gasteiger partial charge on any atom is -0.264 e. The zero-order chi connectivity index (χ0) is 14.8. The molecule has 0 amide bonds. The van der Waals surface area contributed by atoms with E-state index in [2.05, 4.69) is 53.5 Å². The molecule has 3 heteroatoms. The Morgan fingerprint density at radius 1 is 0.609 bits per heavy atom. The van der Waals surface area contributed by atoms with Crippen LogP contribution in [-0.2, 0) is 0 Å². The summed E-state index contributed by atoms with van der Waals surface area (Å²) < 4.78 is 0. The molecule has 4 rings (SSSR count). The summed E-state index contributed by atoms with van der Waals surface area (Å²) in [5, 5.41) is 1.17. The number of hydrogen-bond acceptors (Lipinski definition) is 2. The summed E-state index contributed by atoms with van der Waals surface area (Å²) in [6, 6.07) is 24.8. The summed E-state index contributed by atoms with van der Waals surface area (Å²) >= 11 is 0. The Morgan fingerprint density at radius 3 is 2.17 bits per heavy atom. The first kappa shape index (κ1) is 16.5. The Labute approximate surface area is 178 Å². The van der Waals surface area contributed by atoms with Gasteiger partial charge in [-0.05, 0) is 29.3 Å². The predicted octanol–water partition coefficient (Wildman–Crippen LogP) is 4.32. The molecule has 0 aliphatic carbocycles. The van der Waals surface area contributed by atoms with Crippen molar-refractivity contribution in [2.24, 2.45) is 0 Å². The van der Waals surface area contributed by atoms with Crippen molar-refractivity contribution in [1.29, 1.82) is 0 Å². The van der Waals surface area contributed by atoms with Gasteiger partial charge in [-0.25, -0.2) is 4.98 Å². The molecule has 0 aliphatic heterocycles. The number of aromatic nitrogens is 2. The SMILES string of the molecule is [KH].c1cncc(-c2ccc(-c3ccc4ccccc4n3)cc2)c1. The van der Waals surface area contributed by atoms with Gasteiger partial charge in [0.05, 0.1) is 11.2 Å². The van der Waals surface area contributed by atoms with Crippen LogP contribution >= 0.6 is 0 Å². The van der Waals surface area contributed by atoms with E-state index in [4.69, 9.17) is 4.98 Å². The van der Waals surface area contributed by atoms with Crippen LogP contribution in [0.1, 0.15) is 0 Å². The molecule has 0 radical (unpaired) electrons. The van der Waals surface area contributed by atoms with Gasteiger partial charge in [0, 0.05) is 23.3 Å². The van der Waals surface area contributed by atoms with Crippen LogP contribution in [0.2, 0.25) is 0 Å². The molecule has 0 N–H and O–H groups in total. The Kier molecular flexibility index (Phi) is 5.36. The van der Waals surface area contributed by atoms with Crippen LogP contribution in [0.5, 0.6) is 0 Å². The number of nitrogens with zero attached hydrogens (tertiary/aromatic N) is 2. The van der Waals surface area contributed by atoms with Crippen LogP contribution < -0.4 is 0 Å². The summed E-state index contributed by atoms with van der Waals surface area (Å²) in [4.78, 5) is 8.90. The van der Waals surface area contributed by atoms with E-state index < -0.39 is 0 Å². The fraction of sp³-hybridized carbons (Fsp3) is 0. The molecule has 4 aromatic rings. The smallest absolute Gasteiger partial charge is 0.0709 e. The molecule has 0 saturated carbocycles. The average Bonchev–Trinajstić information content (AvgIpc) is 2.62. The first-order chi connectivity index (χ1) is 10.9. The number of fused-ring (bicyclic) bond motifs is 1. The molecule has 2 heterocycles. The van der Waals surface area contributed by atoms with Crippen LogP contribution in [-0.4, -0.2) is 61.4 Å². The van der Waals surface area contributed by atoms with Gasteiger partial charge in [0.1, 0.15) is 0 Å². The van der Waals surface area contributed by atoms with Gasteiger partial charge in [-0.2, -0.15) is 0 Å². The molecule has 0 atom stereocenters. The van der Waals surface area contributed by atoms with Gasteiger partial charge in [0.2, 0.25) is 0 Å². The Morgan fingerprint density at radius 2 is 1.39 bits per heavy atom. The molecular formula is C20H15KN2. The normalized spacial score (nSPS) is 10.3. The molecule has 2 aromatic carbocycles. The summed E-state index contributed by atoms with van der Waals surface area (Å²) in [6.45, 7) is 0. The second-order valence-electron chi connectivity index (χ2n) is 5.21. The molecule has 23 heavy (non-hydrogen) atoms. The monoisotopic (exact) mass is 322 g/mol. The van der Waals surface area contributed by atoms with Crippen molar-refractivity contribution >= 4 is 62.3 Å². The molecule has 0 spiro atoms. The molecule has 0 fully saturated rings. The van der Waals surface area contributed by atoms with Crippen molar-refractivity contribution in [2.45, 2.75) is 0 Å². The third kappa shape index (κ3) is 3.60.